The van der Waals surface area contributed by atoms with Gasteiger partial charge in [0.2, 0.25) is 0 Å². The Balaban J connectivity index is 2.34. The molecule has 2 heterocycles. The van der Waals surface area contributed by atoms with Crippen LogP contribution >= 0.6 is 0 Å². The summed E-state index contributed by atoms with van der Waals surface area (Å²) in [6.45, 7) is 0.184. The van der Waals surface area contributed by atoms with E-state index in [1.165, 1.54) is 0 Å². The molecule has 0 radical (unpaired) electrons. The molecule has 0 aliphatic carbocycles. The highest BCUT2D eigenvalue weighted by atomic mass is 16.3. The average Bonchev–Trinajstić information content (AvgIpc) is 2.73. The van der Waals surface area contributed by atoms with Gasteiger partial charge in [0.1, 0.15) is 5.65 Å². The summed E-state index contributed by atoms with van der Waals surface area (Å²) in [5.74, 6) is -0.221. The van der Waals surface area contributed by atoms with Crippen molar-refractivity contribution in [1.29, 1.82) is 0 Å². The minimum absolute atomic E-state index is 0.0662. The van der Waals surface area contributed by atoms with Gasteiger partial charge in [0.15, 0.2) is 0 Å². The maximum atomic E-state index is 11.6. The molecule has 2 aromatic rings. The number of pyridine rings is 1. The molecule has 0 atom stereocenters. The van der Waals surface area contributed by atoms with Gasteiger partial charge in [-0.2, -0.15) is 0 Å². The molecular weight excluding hydrogens is 194 g/mol. The fourth-order valence-corrected chi connectivity index (χ4v) is 1.39. The predicted octanol–water partition coefficient (Wildman–Crippen LogP) is 0.0564. The van der Waals surface area contributed by atoms with Crippen molar-refractivity contribution < 1.29 is 9.90 Å². The van der Waals surface area contributed by atoms with E-state index in [-0.39, 0.29) is 19.1 Å². The maximum absolute atomic E-state index is 11.6. The molecule has 0 aliphatic heterocycles. The van der Waals surface area contributed by atoms with E-state index in [0.29, 0.717) is 11.2 Å². The molecule has 0 aromatic carbocycles. The van der Waals surface area contributed by atoms with Crippen molar-refractivity contribution in [1.82, 2.24) is 14.7 Å². The number of aliphatic hydroxyl groups excluding tert-OH is 1. The lowest BCUT2D eigenvalue weighted by Crippen LogP contribution is -2.26. The number of carbonyl (C=O) groups is 1. The van der Waals surface area contributed by atoms with Crippen molar-refractivity contribution in [3.63, 3.8) is 0 Å². The first-order chi connectivity index (χ1) is 7.33. The number of amides is 1. The van der Waals surface area contributed by atoms with Gasteiger partial charge in [-0.05, 0) is 12.1 Å². The highest BCUT2D eigenvalue weighted by Gasteiger charge is 2.09. The van der Waals surface area contributed by atoms with Gasteiger partial charge in [0.05, 0.1) is 12.2 Å². The largest absolute Gasteiger partial charge is 0.395 e. The fraction of sp³-hybridized carbons (Fsp3) is 0.200. The minimum atomic E-state index is -0.221. The number of hydrogen-bond donors (Lipinski definition) is 2. The van der Waals surface area contributed by atoms with Crippen molar-refractivity contribution in [3.8, 4) is 0 Å². The quantitative estimate of drug-likeness (QED) is 0.744. The van der Waals surface area contributed by atoms with Gasteiger partial charge >= 0.3 is 0 Å². The number of nitrogens with zero attached hydrogens (tertiary/aromatic N) is 2. The van der Waals surface area contributed by atoms with Crippen molar-refractivity contribution in [2.45, 2.75) is 0 Å². The molecule has 1 amide bonds. The second-order valence-electron chi connectivity index (χ2n) is 3.06. The Hall–Kier alpha value is -1.88. The summed E-state index contributed by atoms with van der Waals surface area (Å²) in [7, 11) is 0. The summed E-state index contributed by atoms with van der Waals surface area (Å²) in [4.78, 5) is 15.7. The summed E-state index contributed by atoms with van der Waals surface area (Å²) < 4.78 is 1.77. The molecule has 78 valence electrons. The molecule has 2 aromatic heterocycles. The number of rotatable bonds is 3. The number of imidazole rings is 1. The van der Waals surface area contributed by atoms with E-state index in [1.807, 2.05) is 6.20 Å². The first-order valence-electron chi connectivity index (χ1n) is 4.63. The van der Waals surface area contributed by atoms with E-state index in [4.69, 9.17) is 5.11 Å². The molecule has 0 aliphatic rings. The lowest BCUT2D eigenvalue weighted by molar-refractivity contribution is 0.0946. The average molecular weight is 205 g/mol. The summed E-state index contributed by atoms with van der Waals surface area (Å²) in [5, 5.41) is 11.2. The smallest absolute Gasteiger partial charge is 0.255 e. The summed E-state index contributed by atoms with van der Waals surface area (Å²) in [6, 6.07) is 3.48. The third-order valence-electron chi connectivity index (χ3n) is 2.06. The van der Waals surface area contributed by atoms with Crippen LogP contribution in [0, 0.1) is 0 Å². The van der Waals surface area contributed by atoms with Crippen LogP contribution in [-0.4, -0.2) is 33.6 Å². The van der Waals surface area contributed by atoms with E-state index in [0.717, 1.165) is 0 Å². The Morgan fingerprint density at radius 3 is 3.20 bits per heavy atom. The van der Waals surface area contributed by atoms with E-state index in [2.05, 4.69) is 10.3 Å². The van der Waals surface area contributed by atoms with Gasteiger partial charge in [0, 0.05) is 25.1 Å². The second kappa shape index (κ2) is 4.10. The van der Waals surface area contributed by atoms with Crippen LogP contribution in [0.15, 0.2) is 30.7 Å². The van der Waals surface area contributed by atoms with Crippen LogP contribution < -0.4 is 5.32 Å². The number of nitrogens with one attached hydrogen (secondary N) is 1. The molecule has 15 heavy (non-hydrogen) atoms. The number of hydrogen-bond acceptors (Lipinski definition) is 3. The zero-order chi connectivity index (χ0) is 10.7. The van der Waals surface area contributed by atoms with Crippen LogP contribution in [0.2, 0.25) is 0 Å². The Kier molecular flexibility index (Phi) is 2.64. The van der Waals surface area contributed by atoms with Gasteiger partial charge < -0.3 is 14.8 Å². The molecule has 0 unspecified atom stereocenters. The molecule has 0 fully saturated rings. The van der Waals surface area contributed by atoms with Crippen LogP contribution in [0.4, 0.5) is 0 Å². The molecule has 0 saturated carbocycles. The third-order valence-corrected chi connectivity index (χ3v) is 2.06. The number of carbonyl (C=O) groups excluding carboxylic acids is 1. The number of aliphatic hydroxyl groups is 1. The van der Waals surface area contributed by atoms with E-state index in [1.54, 1.807) is 28.9 Å². The zero-order valence-electron chi connectivity index (χ0n) is 8.05. The van der Waals surface area contributed by atoms with E-state index in [9.17, 15) is 4.79 Å². The Morgan fingerprint density at radius 1 is 1.53 bits per heavy atom. The van der Waals surface area contributed by atoms with Gasteiger partial charge in [-0.3, -0.25) is 4.79 Å². The lowest BCUT2D eigenvalue weighted by Gasteiger charge is -2.04. The first-order valence-corrected chi connectivity index (χ1v) is 4.63. The highest BCUT2D eigenvalue weighted by Crippen LogP contribution is 2.07. The van der Waals surface area contributed by atoms with Crippen LogP contribution in [0.25, 0.3) is 5.65 Å². The lowest BCUT2D eigenvalue weighted by atomic mass is 10.2. The summed E-state index contributed by atoms with van der Waals surface area (Å²) in [5.41, 5.74) is 1.13. The van der Waals surface area contributed by atoms with Crippen LogP contribution in [0.1, 0.15) is 10.4 Å². The number of aromatic nitrogens is 2. The van der Waals surface area contributed by atoms with Crippen molar-refractivity contribution >= 4 is 11.6 Å². The van der Waals surface area contributed by atoms with Crippen molar-refractivity contribution in [2.24, 2.45) is 0 Å². The standard InChI is InChI=1S/C10H11N3O2/c14-7-4-12-10(15)8-2-1-5-13-6-3-11-9(8)13/h1-3,5-6,14H,4,7H2,(H,12,15). The maximum Gasteiger partial charge on any atom is 0.255 e. The highest BCUT2D eigenvalue weighted by molar-refractivity contribution is 5.99. The van der Waals surface area contributed by atoms with Crippen molar-refractivity contribution in [2.75, 3.05) is 13.2 Å². The number of fused-ring (bicyclic) bond motifs is 1. The molecule has 0 spiro atoms. The fourth-order valence-electron chi connectivity index (χ4n) is 1.39. The molecule has 0 bridgehead atoms. The van der Waals surface area contributed by atoms with Crippen LogP contribution in [0.3, 0.4) is 0 Å². The zero-order valence-corrected chi connectivity index (χ0v) is 8.05. The third kappa shape index (κ3) is 1.82. The van der Waals surface area contributed by atoms with Crippen LogP contribution in [0.5, 0.6) is 0 Å². The van der Waals surface area contributed by atoms with Crippen LogP contribution in [-0.2, 0) is 0 Å². The normalized spacial score (nSPS) is 10.5. The van der Waals surface area contributed by atoms with Gasteiger partial charge in [-0.1, -0.05) is 0 Å². The van der Waals surface area contributed by atoms with Gasteiger partial charge in [-0.25, -0.2) is 4.98 Å². The molecule has 0 saturated heterocycles. The van der Waals surface area contributed by atoms with Crippen molar-refractivity contribution in [3.05, 3.63) is 36.3 Å². The second-order valence-corrected chi connectivity index (χ2v) is 3.06. The molecule has 5 nitrogen and oxygen atoms in total. The first kappa shape index (κ1) is 9.67. The van der Waals surface area contributed by atoms with E-state index >= 15 is 0 Å². The predicted molar refractivity (Wildman–Crippen MR) is 54.6 cm³/mol. The Labute approximate surface area is 86.4 Å². The Bertz CT molecular complexity index is 478. The summed E-state index contributed by atoms with van der Waals surface area (Å²) >= 11 is 0. The molecule has 2 N–H and O–H groups in total. The topological polar surface area (TPSA) is 66.6 Å². The van der Waals surface area contributed by atoms with E-state index < -0.39 is 0 Å². The van der Waals surface area contributed by atoms with Gasteiger partial charge in [-0.15, -0.1) is 0 Å². The van der Waals surface area contributed by atoms with Gasteiger partial charge in [0.25, 0.3) is 5.91 Å². The SMILES string of the molecule is O=C(NCCO)c1cccn2ccnc12. The Morgan fingerprint density at radius 2 is 2.40 bits per heavy atom. The minimum Gasteiger partial charge on any atom is -0.395 e. The molecular formula is C10H11N3O2. The molecule has 5 heteroatoms. The monoisotopic (exact) mass is 205 g/mol. The molecule has 2 rings (SSSR count). The summed E-state index contributed by atoms with van der Waals surface area (Å²) in [6.07, 6.45) is 5.24.